The fourth-order valence-electron chi connectivity index (χ4n) is 3.89. The van der Waals surface area contributed by atoms with E-state index in [1.54, 1.807) is 12.1 Å². The molecule has 0 unspecified atom stereocenters. The number of ether oxygens (including phenoxy) is 1. The number of hydrogen-bond donors (Lipinski definition) is 1. The van der Waals surface area contributed by atoms with E-state index in [4.69, 9.17) is 4.74 Å². The number of aryl methyl sites for hydroxylation is 1. The Morgan fingerprint density at radius 3 is 1.76 bits per heavy atom. The Bertz CT molecular complexity index is 787. The fourth-order valence-corrected chi connectivity index (χ4v) is 3.89. The first-order valence-electron chi connectivity index (χ1n) is 13.1. The van der Waals surface area contributed by atoms with Crippen molar-refractivity contribution in [1.82, 2.24) is 0 Å². The average Bonchev–Trinajstić information content (AvgIpc) is 2.82. The predicted molar refractivity (Wildman–Crippen MR) is 139 cm³/mol. The number of aromatic hydroxyl groups is 1. The minimum absolute atomic E-state index is 0.0873. The van der Waals surface area contributed by atoms with Crippen molar-refractivity contribution in [2.45, 2.75) is 104 Å². The lowest BCUT2D eigenvalue weighted by atomic mass is 10.0. The van der Waals surface area contributed by atoms with Crippen molar-refractivity contribution < 1.29 is 9.84 Å². The summed E-state index contributed by atoms with van der Waals surface area (Å²) in [5.41, 5.74) is 2.38. The quantitative estimate of drug-likeness (QED) is 0.181. The summed E-state index contributed by atoms with van der Waals surface area (Å²) < 4.78 is 5.79. The van der Waals surface area contributed by atoms with Gasteiger partial charge in [-0.25, -0.2) is 0 Å². The van der Waals surface area contributed by atoms with Gasteiger partial charge in [0.15, 0.2) is 0 Å². The molecule has 33 heavy (non-hydrogen) atoms. The topological polar surface area (TPSA) is 54.2 Å². The highest BCUT2D eigenvalue weighted by molar-refractivity contribution is 5.54. The van der Waals surface area contributed by atoms with Gasteiger partial charge in [0.1, 0.15) is 17.2 Å². The van der Waals surface area contributed by atoms with Crippen LogP contribution in [0.2, 0.25) is 0 Å². The van der Waals surface area contributed by atoms with Crippen LogP contribution in [-0.4, -0.2) is 11.7 Å². The second-order valence-electron chi connectivity index (χ2n) is 9.13. The van der Waals surface area contributed by atoms with Crippen molar-refractivity contribution in [3.05, 3.63) is 48.0 Å². The van der Waals surface area contributed by atoms with E-state index < -0.39 is 0 Å². The van der Waals surface area contributed by atoms with Gasteiger partial charge in [-0.3, -0.25) is 0 Å². The number of rotatable bonds is 18. The van der Waals surface area contributed by atoms with Crippen molar-refractivity contribution in [3.8, 4) is 11.5 Å². The second kappa shape index (κ2) is 17.2. The van der Waals surface area contributed by atoms with E-state index in [0.717, 1.165) is 12.1 Å². The molecular formula is C29H44N2O2. The van der Waals surface area contributed by atoms with Crippen LogP contribution in [0.25, 0.3) is 0 Å². The average molecular weight is 453 g/mol. The molecule has 4 nitrogen and oxygen atoms in total. The van der Waals surface area contributed by atoms with Gasteiger partial charge in [0.25, 0.3) is 0 Å². The van der Waals surface area contributed by atoms with Crippen LogP contribution in [-0.2, 0) is 0 Å². The molecule has 2 aromatic rings. The first kappa shape index (κ1) is 26.9. The number of hydrogen-bond acceptors (Lipinski definition) is 4. The molecule has 0 aromatic heterocycles. The van der Waals surface area contributed by atoms with Crippen LogP contribution in [0.5, 0.6) is 11.5 Å². The Hall–Kier alpha value is -2.36. The summed E-state index contributed by atoms with van der Waals surface area (Å²) in [4.78, 5) is 0. The predicted octanol–water partition coefficient (Wildman–Crippen LogP) is 9.98. The summed E-state index contributed by atoms with van der Waals surface area (Å²) in [7, 11) is 0. The van der Waals surface area contributed by atoms with Gasteiger partial charge < -0.3 is 9.84 Å². The first-order chi connectivity index (χ1) is 16.2. The Balaban J connectivity index is 1.49. The molecule has 0 saturated heterocycles. The second-order valence-corrected chi connectivity index (χ2v) is 9.13. The lowest BCUT2D eigenvalue weighted by Gasteiger charge is -2.07. The smallest absolute Gasteiger partial charge is 0.146 e. The van der Waals surface area contributed by atoms with E-state index in [2.05, 4.69) is 17.2 Å². The summed E-state index contributed by atoms with van der Waals surface area (Å²) in [5, 5.41) is 18.5. The first-order valence-corrected chi connectivity index (χ1v) is 13.1. The summed E-state index contributed by atoms with van der Waals surface area (Å²) in [6.07, 6.45) is 18.9. The van der Waals surface area contributed by atoms with E-state index in [9.17, 15) is 5.11 Å². The van der Waals surface area contributed by atoms with E-state index >= 15 is 0 Å². The Morgan fingerprint density at radius 1 is 0.667 bits per heavy atom. The van der Waals surface area contributed by atoms with Crippen molar-refractivity contribution in [2.75, 3.05) is 6.61 Å². The molecule has 0 atom stereocenters. The Labute approximate surface area is 201 Å². The molecular weight excluding hydrogens is 408 g/mol. The maximum atomic E-state index is 10.2. The fraction of sp³-hybridized carbons (Fsp3) is 0.586. The van der Waals surface area contributed by atoms with E-state index in [1.165, 1.54) is 89.0 Å². The van der Waals surface area contributed by atoms with Gasteiger partial charge in [0.05, 0.1) is 12.3 Å². The maximum Gasteiger partial charge on any atom is 0.146 e. The molecule has 4 heteroatoms. The molecule has 182 valence electrons. The van der Waals surface area contributed by atoms with Crippen molar-refractivity contribution in [3.63, 3.8) is 0 Å². The van der Waals surface area contributed by atoms with Crippen LogP contribution in [0.3, 0.4) is 0 Å². The van der Waals surface area contributed by atoms with Crippen LogP contribution in [0.4, 0.5) is 11.4 Å². The number of unbranched alkanes of at least 4 members (excludes halogenated alkanes) is 13. The SMILES string of the molecule is CCCCCCCCCCCCCCCCOc1ccc(N=Nc2ccc(C)cc2)c(O)c1. The molecule has 2 aromatic carbocycles. The van der Waals surface area contributed by atoms with Gasteiger partial charge >= 0.3 is 0 Å². The lowest BCUT2D eigenvalue weighted by Crippen LogP contribution is -1.97. The number of azo groups is 1. The number of benzene rings is 2. The normalized spacial score (nSPS) is 11.3. The highest BCUT2D eigenvalue weighted by atomic mass is 16.5. The van der Waals surface area contributed by atoms with Crippen LogP contribution in [0.1, 0.15) is 102 Å². The van der Waals surface area contributed by atoms with Crippen LogP contribution in [0.15, 0.2) is 52.7 Å². The van der Waals surface area contributed by atoms with Gasteiger partial charge in [-0.2, -0.15) is 5.11 Å². The third kappa shape index (κ3) is 12.5. The third-order valence-corrected chi connectivity index (χ3v) is 6.02. The Kier molecular flexibility index (Phi) is 14.0. The Morgan fingerprint density at radius 2 is 1.21 bits per heavy atom. The molecule has 0 fully saturated rings. The maximum absolute atomic E-state index is 10.2. The third-order valence-electron chi connectivity index (χ3n) is 6.02. The van der Waals surface area contributed by atoms with Crippen LogP contribution >= 0.6 is 0 Å². The lowest BCUT2D eigenvalue weighted by molar-refractivity contribution is 0.302. The molecule has 0 aliphatic heterocycles. The zero-order chi connectivity index (χ0) is 23.6. The van der Waals surface area contributed by atoms with Crippen molar-refractivity contribution >= 4 is 11.4 Å². The van der Waals surface area contributed by atoms with Gasteiger partial charge in [-0.05, 0) is 37.6 Å². The van der Waals surface area contributed by atoms with Crippen molar-refractivity contribution in [2.24, 2.45) is 10.2 Å². The molecule has 0 aliphatic carbocycles. The van der Waals surface area contributed by atoms with Gasteiger partial charge in [-0.1, -0.05) is 108 Å². The molecule has 0 heterocycles. The van der Waals surface area contributed by atoms with Gasteiger partial charge in [0.2, 0.25) is 0 Å². The highest BCUT2D eigenvalue weighted by Gasteiger charge is 2.03. The van der Waals surface area contributed by atoms with Crippen LogP contribution < -0.4 is 4.74 Å². The molecule has 0 spiro atoms. The van der Waals surface area contributed by atoms with E-state index in [1.807, 2.05) is 37.3 Å². The van der Waals surface area contributed by atoms with Gasteiger partial charge in [-0.15, -0.1) is 5.11 Å². The zero-order valence-corrected chi connectivity index (χ0v) is 20.9. The summed E-state index contributed by atoms with van der Waals surface area (Å²) in [6, 6.07) is 13.0. The minimum atomic E-state index is 0.0873. The molecule has 2 rings (SSSR count). The number of phenols is 1. The summed E-state index contributed by atoms with van der Waals surface area (Å²) in [5.74, 6) is 0.765. The number of phenolic OH excluding ortho intramolecular Hbond substituents is 1. The molecule has 1 N–H and O–H groups in total. The molecule has 0 saturated carbocycles. The van der Waals surface area contributed by atoms with Crippen molar-refractivity contribution in [1.29, 1.82) is 0 Å². The molecule has 0 radical (unpaired) electrons. The summed E-state index contributed by atoms with van der Waals surface area (Å²) in [6.45, 7) is 4.99. The van der Waals surface area contributed by atoms with Crippen LogP contribution in [0, 0.1) is 6.92 Å². The molecule has 0 aliphatic rings. The summed E-state index contributed by atoms with van der Waals surface area (Å²) >= 11 is 0. The largest absolute Gasteiger partial charge is 0.505 e. The zero-order valence-electron chi connectivity index (χ0n) is 20.9. The molecule has 0 bridgehead atoms. The highest BCUT2D eigenvalue weighted by Crippen LogP contribution is 2.32. The molecule has 0 amide bonds. The van der Waals surface area contributed by atoms with E-state index in [0.29, 0.717) is 18.0 Å². The number of nitrogens with zero attached hydrogens (tertiary/aromatic N) is 2. The van der Waals surface area contributed by atoms with E-state index in [-0.39, 0.29) is 5.75 Å². The monoisotopic (exact) mass is 452 g/mol. The standard InChI is InChI=1S/C29H44N2O2/c1-3-4-5-6-7-8-9-10-11-12-13-14-15-16-23-33-27-21-22-28(29(32)24-27)31-30-26-19-17-25(2)18-20-26/h17-22,24,32H,3-16,23H2,1-2H3. The minimum Gasteiger partial charge on any atom is -0.505 e. The van der Waals surface area contributed by atoms with Gasteiger partial charge in [0, 0.05) is 6.07 Å².